The van der Waals surface area contributed by atoms with Crippen LogP contribution in [0.2, 0.25) is 0 Å². The topological polar surface area (TPSA) is 25.2 Å². The third kappa shape index (κ3) is 3.91. The molecule has 0 amide bonds. The van der Waals surface area contributed by atoms with Crippen molar-refractivity contribution in [1.82, 2.24) is 5.32 Å². The van der Waals surface area contributed by atoms with Gasteiger partial charge >= 0.3 is 0 Å². The molecule has 1 heterocycles. The number of aryl methyl sites for hydroxylation is 2. The van der Waals surface area contributed by atoms with Crippen LogP contribution in [-0.2, 0) is 6.42 Å². The summed E-state index contributed by atoms with van der Waals surface area (Å²) in [6.07, 6.45) is 1.60. The number of halogens is 2. The molecule has 0 fully saturated rings. The van der Waals surface area contributed by atoms with E-state index in [1.165, 1.54) is 12.1 Å². The standard InChI is InChI=1S/C17H21F2NO/c1-4-7-20-17(14-8-11(2)21-12(14)3)10-13-5-6-15(18)16(19)9-13/h5-6,8-9,17,20H,4,7,10H2,1-3H3. The van der Waals surface area contributed by atoms with E-state index in [4.69, 9.17) is 4.42 Å². The highest BCUT2D eigenvalue weighted by Gasteiger charge is 2.18. The highest BCUT2D eigenvalue weighted by molar-refractivity contribution is 5.27. The number of hydrogen-bond acceptors (Lipinski definition) is 2. The van der Waals surface area contributed by atoms with Gasteiger partial charge in [-0.15, -0.1) is 0 Å². The largest absolute Gasteiger partial charge is 0.466 e. The lowest BCUT2D eigenvalue weighted by molar-refractivity contribution is 0.477. The van der Waals surface area contributed by atoms with Crippen LogP contribution in [0.4, 0.5) is 8.78 Å². The zero-order chi connectivity index (χ0) is 15.4. The fourth-order valence-electron chi connectivity index (χ4n) is 2.51. The maximum absolute atomic E-state index is 13.4. The number of benzene rings is 1. The number of furan rings is 1. The molecule has 1 aromatic carbocycles. The van der Waals surface area contributed by atoms with Gasteiger partial charge in [0.1, 0.15) is 11.5 Å². The molecule has 0 bridgehead atoms. The van der Waals surface area contributed by atoms with Gasteiger partial charge in [0.15, 0.2) is 11.6 Å². The van der Waals surface area contributed by atoms with Crippen molar-refractivity contribution in [1.29, 1.82) is 0 Å². The molecule has 1 atom stereocenters. The van der Waals surface area contributed by atoms with Crippen LogP contribution in [0.3, 0.4) is 0 Å². The van der Waals surface area contributed by atoms with Crippen LogP contribution >= 0.6 is 0 Å². The van der Waals surface area contributed by atoms with Crippen LogP contribution in [0.15, 0.2) is 28.7 Å². The summed E-state index contributed by atoms with van der Waals surface area (Å²) in [6.45, 7) is 6.78. The molecule has 0 saturated carbocycles. The van der Waals surface area contributed by atoms with Crippen molar-refractivity contribution in [3.63, 3.8) is 0 Å². The predicted octanol–water partition coefficient (Wildman–Crippen LogP) is 4.46. The smallest absolute Gasteiger partial charge is 0.159 e. The summed E-state index contributed by atoms with van der Waals surface area (Å²) in [5.41, 5.74) is 1.84. The highest BCUT2D eigenvalue weighted by atomic mass is 19.2. The van der Waals surface area contributed by atoms with Crippen LogP contribution in [-0.4, -0.2) is 6.54 Å². The van der Waals surface area contributed by atoms with Gasteiger partial charge in [-0.05, 0) is 57.0 Å². The van der Waals surface area contributed by atoms with Crippen LogP contribution in [0, 0.1) is 25.5 Å². The normalized spacial score (nSPS) is 12.6. The van der Waals surface area contributed by atoms with Crippen molar-refractivity contribution >= 4 is 0 Å². The first-order valence-electron chi connectivity index (χ1n) is 7.25. The van der Waals surface area contributed by atoms with Gasteiger partial charge in [0.05, 0.1) is 0 Å². The molecule has 2 rings (SSSR count). The summed E-state index contributed by atoms with van der Waals surface area (Å²) >= 11 is 0. The highest BCUT2D eigenvalue weighted by Crippen LogP contribution is 2.25. The Morgan fingerprint density at radius 3 is 2.48 bits per heavy atom. The Hall–Kier alpha value is -1.68. The van der Waals surface area contributed by atoms with Gasteiger partial charge in [0.25, 0.3) is 0 Å². The van der Waals surface area contributed by atoms with Gasteiger partial charge < -0.3 is 9.73 Å². The molecule has 1 aromatic heterocycles. The molecule has 1 N–H and O–H groups in total. The van der Waals surface area contributed by atoms with E-state index in [-0.39, 0.29) is 6.04 Å². The lowest BCUT2D eigenvalue weighted by atomic mass is 9.98. The Morgan fingerprint density at radius 1 is 1.14 bits per heavy atom. The van der Waals surface area contributed by atoms with Crippen LogP contribution < -0.4 is 5.32 Å². The molecule has 0 spiro atoms. The van der Waals surface area contributed by atoms with Crippen molar-refractivity contribution in [3.8, 4) is 0 Å². The number of nitrogens with one attached hydrogen (secondary N) is 1. The SMILES string of the molecule is CCCNC(Cc1ccc(F)c(F)c1)c1cc(C)oc1C. The summed E-state index contributed by atoms with van der Waals surface area (Å²) in [5, 5.41) is 3.45. The maximum Gasteiger partial charge on any atom is 0.159 e. The second-order valence-electron chi connectivity index (χ2n) is 5.33. The van der Waals surface area contributed by atoms with Crippen LogP contribution in [0.25, 0.3) is 0 Å². The summed E-state index contributed by atoms with van der Waals surface area (Å²) in [7, 11) is 0. The monoisotopic (exact) mass is 293 g/mol. The minimum absolute atomic E-state index is 0.0345. The Kier molecular flexibility index (Phi) is 5.12. The third-order valence-corrected chi connectivity index (χ3v) is 3.52. The Bertz CT molecular complexity index is 607. The lowest BCUT2D eigenvalue weighted by Gasteiger charge is -2.18. The zero-order valence-electron chi connectivity index (χ0n) is 12.7. The molecule has 21 heavy (non-hydrogen) atoms. The minimum atomic E-state index is -0.813. The Labute approximate surface area is 124 Å². The molecular weight excluding hydrogens is 272 g/mol. The molecule has 2 aromatic rings. The molecular formula is C17H21F2NO. The average Bonchev–Trinajstić information content (AvgIpc) is 2.77. The first-order chi connectivity index (χ1) is 10.0. The maximum atomic E-state index is 13.4. The van der Waals surface area contributed by atoms with Gasteiger partial charge in [-0.2, -0.15) is 0 Å². The van der Waals surface area contributed by atoms with Gasteiger partial charge in [-0.25, -0.2) is 8.78 Å². The van der Waals surface area contributed by atoms with E-state index in [9.17, 15) is 8.78 Å². The van der Waals surface area contributed by atoms with Crippen molar-refractivity contribution in [2.75, 3.05) is 6.54 Å². The van der Waals surface area contributed by atoms with Crippen molar-refractivity contribution < 1.29 is 13.2 Å². The molecule has 2 nitrogen and oxygen atoms in total. The van der Waals surface area contributed by atoms with Crippen LogP contribution in [0.1, 0.15) is 42.0 Å². The van der Waals surface area contributed by atoms with Gasteiger partial charge in [-0.3, -0.25) is 0 Å². The van der Waals surface area contributed by atoms with E-state index in [0.717, 1.165) is 35.6 Å². The van der Waals surface area contributed by atoms with Gasteiger partial charge in [0.2, 0.25) is 0 Å². The molecule has 1 unspecified atom stereocenters. The quantitative estimate of drug-likeness (QED) is 0.850. The number of hydrogen-bond donors (Lipinski definition) is 1. The minimum Gasteiger partial charge on any atom is -0.466 e. The first-order valence-corrected chi connectivity index (χ1v) is 7.25. The Balaban J connectivity index is 2.23. The van der Waals surface area contributed by atoms with E-state index in [1.807, 2.05) is 19.9 Å². The molecule has 0 saturated heterocycles. The summed E-state index contributed by atoms with van der Waals surface area (Å²) in [5.74, 6) is 0.105. The third-order valence-electron chi connectivity index (χ3n) is 3.52. The van der Waals surface area contributed by atoms with Crippen LogP contribution in [0.5, 0.6) is 0 Å². The molecule has 114 valence electrons. The van der Waals surface area contributed by atoms with E-state index in [2.05, 4.69) is 12.2 Å². The second-order valence-corrected chi connectivity index (χ2v) is 5.33. The second kappa shape index (κ2) is 6.85. The van der Waals surface area contributed by atoms with Crippen molar-refractivity contribution in [2.24, 2.45) is 0 Å². The van der Waals surface area contributed by atoms with E-state index in [0.29, 0.717) is 6.42 Å². The van der Waals surface area contributed by atoms with Crippen molar-refractivity contribution in [2.45, 2.75) is 39.7 Å². The van der Waals surface area contributed by atoms with Gasteiger partial charge in [0, 0.05) is 11.6 Å². The molecule has 4 heteroatoms. The fraction of sp³-hybridized carbons (Fsp3) is 0.412. The fourth-order valence-corrected chi connectivity index (χ4v) is 2.51. The van der Waals surface area contributed by atoms with E-state index in [1.54, 1.807) is 6.07 Å². The summed E-state index contributed by atoms with van der Waals surface area (Å²) in [6, 6.07) is 6.10. The van der Waals surface area contributed by atoms with E-state index < -0.39 is 11.6 Å². The van der Waals surface area contributed by atoms with Gasteiger partial charge in [-0.1, -0.05) is 13.0 Å². The first kappa shape index (κ1) is 15.7. The zero-order valence-corrected chi connectivity index (χ0v) is 12.7. The molecule has 0 aliphatic carbocycles. The molecule has 0 aliphatic heterocycles. The Morgan fingerprint density at radius 2 is 1.90 bits per heavy atom. The van der Waals surface area contributed by atoms with E-state index >= 15 is 0 Å². The number of rotatable bonds is 6. The summed E-state index contributed by atoms with van der Waals surface area (Å²) < 4.78 is 32.0. The lowest BCUT2D eigenvalue weighted by Crippen LogP contribution is -2.24. The molecule has 0 radical (unpaired) electrons. The average molecular weight is 293 g/mol. The molecule has 0 aliphatic rings. The predicted molar refractivity (Wildman–Crippen MR) is 79.3 cm³/mol. The van der Waals surface area contributed by atoms with Crippen molar-refractivity contribution in [3.05, 3.63) is 58.5 Å². The summed E-state index contributed by atoms with van der Waals surface area (Å²) in [4.78, 5) is 0.